The number of hydrogen-bond acceptors (Lipinski definition) is 3. The molecule has 0 bridgehead atoms. The average molecular weight is 249 g/mol. The van der Waals surface area contributed by atoms with E-state index >= 15 is 0 Å². The summed E-state index contributed by atoms with van der Waals surface area (Å²) in [7, 11) is 0. The van der Waals surface area contributed by atoms with Crippen LogP contribution < -0.4 is 5.73 Å². The Morgan fingerprint density at radius 3 is 3.00 bits per heavy atom. The van der Waals surface area contributed by atoms with Gasteiger partial charge in [0.2, 0.25) is 0 Å². The van der Waals surface area contributed by atoms with Crippen LogP contribution in [0.2, 0.25) is 0 Å². The summed E-state index contributed by atoms with van der Waals surface area (Å²) < 4.78 is 1.93. The Bertz CT molecular complexity index is 425. The minimum absolute atomic E-state index is 0.161. The molecule has 4 heteroatoms. The number of hydrogen-bond donors (Lipinski definition) is 1. The van der Waals surface area contributed by atoms with Crippen LogP contribution in [-0.4, -0.2) is 21.6 Å². The number of carbonyl (C=O) groups is 1. The van der Waals surface area contributed by atoms with E-state index in [-0.39, 0.29) is 12.0 Å². The maximum absolute atomic E-state index is 12.3. The van der Waals surface area contributed by atoms with Gasteiger partial charge in [-0.15, -0.1) is 0 Å². The van der Waals surface area contributed by atoms with Crippen LogP contribution in [0.5, 0.6) is 0 Å². The lowest BCUT2D eigenvalue weighted by atomic mass is 9.82. The smallest absolute Gasteiger partial charge is 0.141 e. The molecule has 1 fully saturated rings. The molecule has 0 aliphatic heterocycles. The highest BCUT2D eigenvalue weighted by Crippen LogP contribution is 2.25. The summed E-state index contributed by atoms with van der Waals surface area (Å²) in [6, 6.07) is 2.23. The van der Waals surface area contributed by atoms with Crippen molar-refractivity contribution in [1.29, 1.82) is 0 Å². The molecule has 100 valence electrons. The van der Waals surface area contributed by atoms with Gasteiger partial charge in [0.05, 0.1) is 5.69 Å². The highest BCUT2D eigenvalue weighted by molar-refractivity contribution is 5.83. The summed E-state index contributed by atoms with van der Waals surface area (Å²) in [6.07, 6.45) is 4.52. The van der Waals surface area contributed by atoms with Crippen molar-refractivity contribution in [3.05, 3.63) is 17.5 Å². The van der Waals surface area contributed by atoms with Crippen LogP contribution in [-0.2, 0) is 17.8 Å². The third-order valence-corrected chi connectivity index (χ3v) is 3.81. The third-order valence-electron chi connectivity index (χ3n) is 3.81. The standard InChI is InChI=1S/C14H23N3O/c1-3-17-13(7-10(2)16-17)9-14(18)11-5-4-6-12(15)8-11/h7,11-12H,3-6,8-9,15H2,1-2H3. The van der Waals surface area contributed by atoms with Gasteiger partial charge in [-0.05, 0) is 39.2 Å². The van der Waals surface area contributed by atoms with Crippen LogP contribution >= 0.6 is 0 Å². The van der Waals surface area contributed by atoms with Gasteiger partial charge in [0, 0.05) is 30.6 Å². The summed E-state index contributed by atoms with van der Waals surface area (Å²) >= 11 is 0. The van der Waals surface area contributed by atoms with Crippen molar-refractivity contribution >= 4 is 5.78 Å². The molecule has 2 rings (SSSR count). The van der Waals surface area contributed by atoms with Crippen molar-refractivity contribution in [3.63, 3.8) is 0 Å². The van der Waals surface area contributed by atoms with Gasteiger partial charge in [-0.2, -0.15) is 5.10 Å². The van der Waals surface area contributed by atoms with Crippen molar-refractivity contribution in [3.8, 4) is 0 Å². The normalized spacial score (nSPS) is 24.2. The van der Waals surface area contributed by atoms with E-state index in [4.69, 9.17) is 5.73 Å². The number of rotatable bonds is 4. The topological polar surface area (TPSA) is 60.9 Å². The molecule has 18 heavy (non-hydrogen) atoms. The predicted molar refractivity (Wildman–Crippen MR) is 71.3 cm³/mol. The third kappa shape index (κ3) is 2.99. The molecule has 1 saturated carbocycles. The first-order valence-corrected chi connectivity index (χ1v) is 6.91. The molecule has 0 amide bonds. The molecule has 2 unspecified atom stereocenters. The van der Waals surface area contributed by atoms with Gasteiger partial charge in [0.15, 0.2) is 0 Å². The van der Waals surface area contributed by atoms with Crippen molar-refractivity contribution in [2.45, 2.75) is 58.5 Å². The minimum Gasteiger partial charge on any atom is -0.328 e. The molecule has 1 aliphatic carbocycles. The molecule has 4 nitrogen and oxygen atoms in total. The van der Waals surface area contributed by atoms with Gasteiger partial charge in [-0.1, -0.05) is 6.42 Å². The van der Waals surface area contributed by atoms with Crippen molar-refractivity contribution in [2.75, 3.05) is 0 Å². The first-order valence-electron chi connectivity index (χ1n) is 6.91. The quantitative estimate of drug-likeness (QED) is 0.885. The van der Waals surface area contributed by atoms with Gasteiger partial charge < -0.3 is 5.73 Å². The summed E-state index contributed by atoms with van der Waals surface area (Å²) in [5, 5.41) is 4.38. The Hall–Kier alpha value is -1.16. The number of ketones is 1. The lowest BCUT2D eigenvalue weighted by molar-refractivity contribution is -0.123. The van der Waals surface area contributed by atoms with E-state index in [9.17, 15) is 4.79 Å². The first kappa shape index (κ1) is 13.3. The maximum atomic E-state index is 12.3. The predicted octanol–water partition coefficient (Wildman–Crippen LogP) is 1.84. The summed E-state index contributed by atoms with van der Waals surface area (Å²) in [4.78, 5) is 12.3. The van der Waals surface area contributed by atoms with E-state index in [1.165, 1.54) is 0 Å². The molecule has 2 N–H and O–H groups in total. The molecule has 0 radical (unpaired) electrons. The fourth-order valence-electron chi connectivity index (χ4n) is 2.86. The molecule has 1 aromatic rings. The van der Waals surface area contributed by atoms with E-state index in [0.717, 1.165) is 43.6 Å². The van der Waals surface area contributed by atoms with E-state index in [0.29, 0.717) is 12.2 Å². The zero-order valence-corrected chi connectivity index (χ0v) is 11.4. The number of nitrogens with zero attached hydrogens (tertiary/aromatic N) is 2. The number of carbonyl (C=O) groups excluding carboxylic acids is 1. The highest BCUT2D eigenvalue weighted by atomic mass is 16.1. The number of aromatic nitrogens is 2. The molecule has 1 heterocycles. The second-order valence-electron chi connectivity index (χ2n) is 5.36. The van der Waals surface area contributed by atoms with Crippen LogP contribution in [0.4, 0.5) is 0 Å². The molecular weight excluding hydrogens is 226 g/mol. The molecule has 0 aromatic carbocycles. The van der Waals surface area contributed by atoms with Crippen LogP contribution in [0.15, 0.2) is 6.07 Å². The SMILES string of the molecule is CCn1nc(C)cc1CC(=O)C1CCCC(N)C1. The van der Waals surface area contributed by atoms with Gasteiger partial charge >= 0.3 is 0 Å². The number of nitrogens with two attached hydrogens (primary N) is 1. The monoisotopic (exact) mass is 249 g/mol. The van der Waals surface area contributed by atoms with Gasteiger partial charge in [-0.25, -0.2) is 0 Å². The first-order chi connectivity index (χ1) is 8.60. The van der Waals surface area contributed by atoms with Gasteiger partial charge in [0.1, 0.15) is 5.78 Å². The van der Waals surface area contributed by atoms with Gasteiger partial charge in [-0.3, -0.25) is 9.48 Å². The fraction of sp³-hybridized carbons (Fsp3) is 0.714. The zero-order chi connectivity index (χ0) is 13.1. The van der Waals surface area contributed by atoms with E-state index < -0.39 is 0 Å². The Morgan fingerprint density at radius 1 is 1.56 bits per heavy atom. The molecule has 2 atom stereocenters. The fourth-order valence-corrected chi connectivity index (χ4v) is 2.86. The van der Waals surface area contributed by atoms with Crippen molar-refractivity contribution in [2.24, 2.45) is 11.7 Å². The summed E-state index contributed by atoms with van der Waals surface area (Å²) in [5.41, 5.74) is 7.97. The molecule has 1 aromatic heterocycles. The lowest BCUT2D eigenvalue weighted by Gasteiger charge is -2.25. The Labute approximate surface area is 109 Å². The molecule has 0 spiro atoms. The van der Waals surface area contributed by atoms with Crippen LogP contribution in [0.1, 0.15) is 44.0 Å². The summed E-state index contributed by atoms with van der Waals surface area (Å²) in [6.45, 7) is 4.84. The Morgan fingerprint density at radius 2 is 2.33 bits per heavy atom. The van der Waals surface area contributed by atoms with Crippen LogP contribution in [0.25, 0.3) is 0 Å². The Kier molecular flexibility index (Phi) is 4.17. The molecule has 0 saturated heterocycles. The van der Waals surface area contributed by atoms with Crippen molar-refractivity contribution < 1.29 is 4.79 Å². The van der Waals surface area contributed by atoms with E-state index in [2.05, 4.69) is 12.0 Å². The number of Topliss-reactive ketones (excluding diaryl/α,β-unsaturated/α-hetero) is 1. The van der Waals surface area contributed by atoms with Crippen molar-refractivity contribution in [1.82, 2.24) is 9.78 Å². The Balaban J connectivity index is 2.01. The van der Waals surface area contributed by atoms with Crippen LogP contribution in [0, 0.1) is 12.8 Å². The molecule has 1 aliphatic rings. The van der Waals surface area contributed by atoms with E-state index in [1.54, 1.807) is 0 Å². The number of aryl methyl sites for hydroxylation is 2. The van der Waals surface area contributed by atoms with Gasteiger partial charge in [0.25, 0.3) is 0 Å². The van der Waals surface area contributed by atoms with E-state index in [1.807, 2.05) is 17.7 Å². The minimum atomic E-state index is 0.161. The maximum Gasteiger partial charge on any atom is 0.141 e. The largest absolute Gasteiger partial charge is 0.328 e. The highest BCUT2D eigenvalue weighted by Gasteiger charge is 2.25. The lowest BCUT2D eigenvalue weighted by Crippen LogP contribution is -2.32. The second-order valence-corrected chi connectivity index (χ2v) is 5.36. The van der Waals surface area contributed by atoms with Crippen LogP contribution in [0.3, 0.4) is 0 Å². The zero-order valence-electron chi connectivity index (χ0n) is 11.4. The molecular formula is C14H23N3O. The average Bonchev–Trinajstić information content (AvgIpc) is 2.69. The second kappa shape index (κ2) is 5.65. The summed E-state index contributed by atoms with van der Waals surface area (Å²) in [5.74, 6) is 0.494.